The highest BCUT2D eigenvalue weighted by atomic mass is 16.3. The number of benzene rings is 3. The summed E-state index contributed by atoms with van der Waals surface area (Å²) < 4.78 is 8.26. The van der Waals surface area contributed by atoms with Gasteiger partial charge in [0.1, 0.15) is 24.8 Å². The van der Waals surface area contributed by atoms with Crippen LogP contribution < -0.4 is 15.7 Å². The molecule has 4 rings (SSSR count). The summed E-state index contributed by atoms with van der Waals surface area (Å²) in [5, 5.41) is 3.13. The fraction of sp³-hybridized carbons (Fsp3) is 0.158. The fourth-order valence-electron chi connectivity index (χ4n) is 2.89. The molecule has 1 heterocycles. The van der Waals surface area contributed by atoms with Gasteiger partial charge in [0.2, 0.25) is 5.36 Å². The first-order chi connectivity index (χ1) is 11.2. The van der Waals surface area contributed by atoms with Crippen molar-refractivity contribution >= 4 is 27.6 Å². The molecule has 0 unspecified atom stereocenters. The molecule has 0 saturated carbocycles. The second-order valence-electron chi connectivity index (χ2n) is 5.74. The van der Waals surface area contributed by atoms with Gasteiger partial charge in [0.05, 0.1) is 6.07 Å². The highest BCUT2D eigenvalue weighted by Gasteiger charge is 2.14. The van der Waals surface area contributed by atoms with Gasteiger partial charge in [0.25, 0.3) is 0 Å². The van der Waals surface area contributed by atoms with Crippen molar-refractivity contribution in [1.82, 2.24) is 9.56 Å². The number of nitrogens with two attached hydrogens (primary N) is 1. The Labute approximate surface area is 133 Å². The Morgan fingerprint density at radius 3 is 2.65 bits per heavy atom. The highest BCUT2D eigenvalue weighted by Crippen LogP contribution is 2.32. The van der Waals surface area contributed by atoms with Crippen molar-refractivity contribution in [1.29, 1.82) is 0 Å². The SMILES string of the molecule is CC/[N+](C)=c1/ccc2nc3c(cc(N)c4ccccc43)oc-2c1. The van der Waals surface area contributed by atoms with E-state index < -0.39 is 0 Å². The van der Waals surface area contributed by atoms with Gasteiger partial charge in [0, 0.05) is 28.6 Å². The lowest BCUT2D eigenvalue weighted by molar-refractivity contribution is 0.609. The van der Waals surface area contributed by atoms with E-state index in [9.17, 15) is 0 Å². The van der Waals surface area contributed by atoms with Gasteiger partial charge in [-0.05, 0) is 13.0 Å². The predicted molar refractivity (Wildman–Crippen MR) is 94.3 cm³/mol. The molecule has 0 amide bonds. The number of fused-ring (bicyclic) bond motifs is 4. The zero-order chi connectivity index (χ0) is 16.0. The molecule has 4 nitrogen and oxygen atoms in total. The van der Waals surface area contributed by atoms with Crippen molar-refractivity contribution in [2.75, 3.05) is 19.3 Å². The van der Waals surface area contributed by atoms with Crippen LogP contribution in [-0.4, -0.2) is 18.6 Å². The molecule has 0 aromatic heterocycles. The van der Waals surface area contributed by atoms with Crippen LogP contribution in [0.2, 0.25) is 0 Å². The van der Waals surface area contributed by atoms with E-state index in [1.54, 1.807) is 0 Å². The Morgan fingerprint density at radius 1 is 1.09 bits per heavy atom. The van der Waals surface area contributed by atoms with E-state index in [2.05, 4.69) is 24.6 Å². The molecule has 2 N–H and O–H groups in total. The molecular formula is C19H18N3O+. The number of rotatable bonds is 1. The average Bonchev–Trinajstić information content (AvgIpc) is 2.59. The van der Waals surface area contributed by atoms with Crippen LogP contribution in [-0.2, 0) is 0 Å². The maximum Gasteiger partial charge on any atom is 0.203 e. The summed E-state index contributed by atoms with van der Waals surface area (Å²) in [5.74, 6) is 0.769. The largest absolute Gasteiger partial charge is 0.452 e. The fourth-order valence-corrected chi connectivity index (χ4v) is 2.89. The lowest BCUT2D eigenvalue weighted by Crippen LogP contribution is -2.25. The number of nitrogens with zero attached hydrogens (tertiary/aromatic N) is 2. The second-order valence-corrected chi connectivity index (χ2v) is 5.74. The summed E-state index contributed by atoms with van der Waals surface area (Å²) in [5.41, 5.74) is 9.29. The van der Waals surface area contributed by atoms with Gasteiger partial charge in [-0.3, -0.25) is 0 Å². The minimum absolute atomic E-state index is 0.708. The monoisotopic (exact) mass is 304 g/mol. The Bertz CT molecular complexity index is 1080. The molecule has 4 heteroatoms. The summed E-state index contributed by atoms with van der Waals surface area (Å²) in [6, 6.07) is 16.0. The van der Waals surface area contributed by atoms with Crippen LogP contribution in [0.25, 0.3) is 33.3 Å². The molecule has 2 aromatic carbocycles. The van der Waals surface area contributed by atoms with Crippen molar-refractivity contribution in [2.24, 2.45) is 0 Å². The van der Waals surface area contributed by atoms with E-state index in [1.807, 2.05) is 42.5 Å². The lowest BCUT2D eigenvalue weighted by atomic mass is 10.1. The van der Waals surface area contributed by atoms with Crippen molar-refractivity contribution in [2.45, 2.75) is 6.92 Å². The molecule has 1 aliphatic heterocycles. The summed E-state index contributed by atoms with van der Waals surface area (Å²) in [6.45, 7) is 3.05. The molecular weight excluding hydrogens is 286 g/mol. The molecule has 2 aliphatic rings. The molecule has 0 atom stereocenters. The van der Waals surface area contributed by atoms with Gasteiger partial charge in [-0.1, -0.05) is 24.3 Å². The maximum absolute atomic E-state index is 6.17. The zero-order valence-electron chi connectivity index (χ0n) is 13.2. The van der Waals surface area contributed by atoms with Gasteiger partial charge in [-0.25, -0.2) is 9.56 Å². The van der Waals surface area contributed by atoms with Crippen LogP contribution in [0.1, 0.15) is 6.92 Å². The van der Waals surface area contributed by atoms with Gasteiger partial charge in [-0.2, -0.15) is 0 Å². The molecule has 1 aliphatic carbocycles. The van der Waals surface area contributed by atoms with Crippen molar-refractivity contribution in [3.05, 3.63) is 53.9 Å². The number of nitrogen functional groups attached to an aromatic ring is 1. The average molecular weight is 304 g/mol. The number of aromatic nitrogens is 1. The molecule has 0 bridgehead atoms. The van der Waals surface area contributed by atoms with Crippen molar-refractivity contribution < 1.29 is 4.42 Å². The first-order valence-corrected chi connectivity index (χ1v) is 7.73. The van der Waals surface area contributed by atoms with Crippen LogP contribution in [0, 0.1) is 0 Å². The quantitative estimate of drug-likeness (QED) is 0.254. The molecule has 23 heavy (non-hydrogen) atoms. The van der Waals surface area contributed by atoms with Crippen LogP contribution >= 0.6 is 0 Å². The normalized spacial score (nSPS) is 13.0. The third-order valence-corrected chi connectivity index (χ3v) is 4.32. The van der Waals surface area contributed by atoms with E-state index in [4.69, 9.17) is 15.1 Å². The Morgan fingerprint density at radius 2 is 1.87 bits per heavy atom. The molecule has 0 spiro atoms. The van der Waals surface area contributed by atoms with Gasteiger partial charge < -0.3 is 10.2 Å². The van der Waals surface area contributed by atoms with Crippen LogP contribution in [0.15, 0.2) is 52.9 Å². The topological polar surface area (TPSA) is 55.1 Å². The van der Waals surface area contributed by atoms with Gasteiger partial charge >= 0.3 is 0 Å². The maximum atomic E-state index is 6.17. The van der Waals surface area contributed by atoms with Gasteiger partial charge in [-0.15, -0.1) is 0 Å². The van der Waals surface area contributed by atoms with E-state index in [1.165, 1.54) is 0 Å². The van der Waals surface area contributed by atoms with Crippen molar-refractivity contribution in [3.63, 3.8) is 0 Å². The first kappa shape index (κ1) is 13.8. The van der Waals surface area contributed by atoms with Gasteiger partial charge in [0.15, 0.2) is 11.3 Å². The number of hydrogen-bond donors (Lipinski definition) is 1. The van der Waals surface area contributed by atoms with Crippen LogP contribution in [0.5, 0.6) is 0 Å². The minimum Gasteiger partial charge on any atom is -0.452 e. The Balaban J connectivity index is 2.14. The van der Waals surface area contributed by atoms with E-state index >= 15 is 0 Å². The number of hydrogen-bond acceptors (Lipinski definition) is 3. The second kappa shape index (κ2) is 5.09. The Hall–Kier alpha value is -2.88. The zero-order valence-corrected chi connectivity index (χ0v) is 13.2. The molecule has 114 valence electrons. The summed E-state index contributed by atoms with van der Waals surface area (Å²) in [6.07, 6.45) is 0. The summed E-state index contributed by atoms with van der Waals surface area (Å²) >= 11 is 0. The number of anilines is 1. The summed E-state index contributed by atoms with van der Waals surface area (Å²) in [7, 11) is 2.06. The lowest BCUT2D eigenvalue weighted by Gasteiger charge is -2.09. The Kier molecular flexibility index (Phi) is 3.05. The first-order valence-electron chi connectivity index (χ1n) is 7.73. The minimum atomic E-state index is 0.708. The van der Waals surface area contributed by atoms with Crippen LogP contribution in [0.4, 0.5) is 5.69 Å². The predicted octanol–water partition coefficient (Wildman–Crippen LogP) is 3.09. The standard InChI is InChI=1S/C19H17N3O/c1-3-22(2)12-8-9-16-17(10-12)23-18-11-15(20)13-6-4-5-7-14(13)19(18)21-16/h4-11,20H,3H2,1-2H3/p+1. The van der Waals surface area contributed by atoms with Crippen molar-refractivity contribution in [3.8, 4) is 11.5 Å². The highest BCUT2D eigenvalue weighted by molar-refractivity contribution is 6.09. The third-order valence-electron chi connectivity index (χ3n) is 4.32. The smallest absolute Gasteiger partial charge is 0.203 e. The van der Waals surface area contributed by atoms with E-state index in [-0.39, 0.29) is 0 Å². The molecule has 0 fully saturated rings. The molecule has 0 radical (unpaired) electrons. The molecule has 2 aromatic rings. The van der Waals surface area contributed by atoms with E-state index in [0.29, 0.717) is 11.3 Å². The summed E-state index contributed by atoms with van der Waals surface area (Å²) in [4.78, 5) is 4.81. The van der Waals surface area contributed by atoms with E-state index in [0.717, 1.165) is 39.6 Å². The molecule has 0 saturated heterocycles. The third kappa shape index (κ3) is 2.14. The van der Waals surface area contributed by atoms with Crippen LogP contribution in [0.3, 0.4) is 0 Å².